The second-order valence-electron chi connectivity index (χ2n) is 5.13. The molecular formula is C13H24N2O4. The molecule has 19 heavy (non-hydrogen) atoms. The number of hydrogen-bond acceptors (Lipinski definition) is 3. The molecule has 1 heterocycles. The molecule has 1 aliphatic rings. The van der Waals surface area contributed by atoms with Gasteiger partial charge in [-0.3, -0.25) is 4.79 Å². The third kappa shape index (κ3) is 4.38. The Bertz CT molecular complexity index is 329. The number of aliphatic carboxylic acids is 1. The Balaban J connectivity index is 2.52. The van der Waals surface area contributed by atoms with Crippen LogP contribution in [-0.2, 0) is 9.53 Å². The summed E-state index contributed by atoms with van der Waals surface area (Å²) in [6.07, 6.45) is 3.39. The van der Waals surface area contributed by atoms with Crippen LogP contribution in [0.15, 0.2) is 0 Å². The summed E-state index contributed by atoms with van der Waals surface area (Å²) >= 11 is 0. The monoisotopic (exact) mass is 272 g/mol. The molecule has 2 N–H and O–H groups in total. The highest BCUT2D eigenvalue weighted by Crippen LogP contribution is 2.31. The van der Waals surface area contributed by atoms with E-state index < -0.39 is 5.97 Å². The van der Waals surface area contributed by atoms with Crippen LogP contribution in [0.25, 0.3) is 0 Å². The number of carbonyl (C=O) groups is 2. The molecule has 0 aliphatic carbocycles. The first kappa shape index (κ1) is 15.8. The van der Waals surface area contributed by atoms with Crippen LogP contribution in [0, 0.1) is 0 Å². The number of carboxylic acids is 1. The molecule has 6 heteroatoms. The molecule has 2 amide bonds. The van der Waals surface area contributed by atoms with E-state index in [0.29, 0.717) is 6.61 Å². The SMILES string of the molecule is CCC1(CC)CC(NC(=O)N(C)CC(=O)O)CCO1. The van der Waals surface area contributed by atoms with Gasteiger partial charge in [0.1, 0.15) is 6.54 Å². The highest BCUT2D eigenvalue weighted by molar-refractivity contribution is 5.79. The van der Waals surface area contributed by atoms with Crippen molar-refractivity contribution in [2.75, 3.05) is 20.2 Å². The molecule has 6 nitrogen and oxygen atoms in total. The average Bonchev–Trinajstić information content (AvgIpc) is 2.38. The summed E-state index contributed by atoms with van der Waals surface area (Å²) in [5.41, 5.74) is -0.151. The standard InChI is InChI=1S/C13H24N2O4/c1-4-13(5-2)8-10(6-7-19-13)14-12(18)15(3)9-11(16)17/h10H,4-9H2,1-3H3,(H,14,18)(H,16,17). The fraction of sp³-hybridized carbons (Fsp3) is 0.846. The molecule has 0 spiro atoms. The number of carbonyl (C=O) groups excluding carboxylic acids is 1. The molecule has 0 radical (unpaired) electrons. The van der Waals surface area contributed by atoms with Crippen molar-refractivity contribution >= 4 is 12.0 Å². The summed E-state index contributed by atoms with van der Waals surface area (Å²) < 4.78 is 5.84. The van der Waals surface area contributed by atoms with Crippen molar-refractivity contribution in [3.63, 3.8) is 0 Å². The van der Waals surface area contributed by atoms with Crippen molar-refractivity contribution in [2.24, 2.45) is 0 Å². The highest BCUT2D eigenvalue weighted by atomic mass is 16.5. The lowest BCUT2D eigenvalue weighted by molar-refractivity contribution is -0.137. The Morgan fingerprint density at radius 3 is 2.58 bits per heavy atom. The van der Waals surface area contributed by atoms with E-state index in [-0.39, 0.29) is 24.2 Å². The van der Waals surface area contributed by atoms with Gasteiger partial charge in [0.2, 0.25) is 0 Å². The number of carboxylic acid groups (broad SMARTS) is 1. The Morgan fingerprint density at radius 1 is 1.42 bits per heavy atom. The summed E-state index contributed by atoms with van der Waals surface area (Å²) in [5.74, 6) is -1.01. The van der Waals surface area contributed by atoms with Crippen LogP contribution in [-0.4, -0.2) is 53.8 Å². The first-order valence-electron chi connectivity index (χ1n) is 6.80. The zero-order valence-electron chi connectivity index (χ0n) is 11.9. The van der Waals surface area contributed by atoms with Crippen molar-refractivity contribution in [2.45, 2.75) is 51.2 Å². The van der Waals surface area contributed by atoms with Crippen molar-refractivity contribution < 1.29 is 19.4 Å². The van der Waals surface area contributed by atoms with Crippen LogP contribution in [0.2, 0.25) is 0 Å². The third-order valence-electron chi connectivity index (χ3n) is 3.83. The Labute approximate surface area is 114 Å². The second-order valence-corrected chi connectivity index (χ2v) is 5.13. The largest absolute Gasteiger partial charge is 0.480 e. The minimum atomic E-state index is -1.01. The van der Waals surface area contributed by atoms with Crippen LogP contribution in [0.5, 0.6) is 0 Å². The van der Waals surface area contributed by atoms with E-state index in [9.17, 15) is 9.59 Å². The van der Waals surface area contributed by atoms with E-state index in [4.69, 9.17) is 9.84 Å². The van der Waals surface area contributed by atoms with Gasteiger partial charge in [-0.1, -0.05) is 13.8 Å². The van der Waals surface area contributed by atoms with Gasteiger partial charge in [0.25, 0.3) is 0 Å². The number of rotatable bonds is 5. The summed E-state index contributed by atoms with van der Waals surface area (Å²) in [4.78, 5) is 23.6. The number of ether oxygens (including phenoxy) is 1. The van der Waals surface area contributed by atoms with Crippen molar-refractivity contribution in [1.82, 2.24) is 10.2 Å². The third-order valence-corrected chi connectivity index (χ3v) is 3.83. The lowest BCUT2D eigenvalue weighted by Crippen LogP contribution is -2.51. The summed E-state index contributed by atoms with van der Waals surface area (Å²) in [5, 5.41) is 11.5. The molecule has 1 aliphatic heterocycles. The zero-order valence-corrected chi connectivity index (χ0v) is 11.9. The fourth-order valence-electron chi connectivity index (χ4n) is 2.45. The van der Waals surface area contributed by atoms with Crippen LogP contribution >= 0.6 is 0 Å². The van der Waals surface area contributed by atoms with Gasteiger partial charge in [0, 0.05) is 19.7 Å². The maximum absolute atomic E-state index is 11.8. The molecular weight excluding hydrogens is 248 g/mol. The van der Waals surface area contributed by atoms with E-state index in [1.54, 1.807) is 0 Å². The molecule has 1 unspecified atom stereocenters. The summed E-state index contributed by atoms with van der Waals surface area (Å²) in [6.45, 7) is 4.52. The maximum Gasteiger partial charge on any atom is 0.323 e. The van der Waals surface area contributed by atoms with E-state index in [0.717, 1.165) is 25.7 Å². The van der Waals surface area contributed by atoms with E-state index in [1.807, 2.05) is 0 Å². The molecule has 0 aromatic rings. The smallest absolute Gasteiger partial charge is 0.323 e. The second kappa shape index (κ2) is 6.75. The molecule has 1 rings (SSSR count). The van der Waals surface area contributed by atoms with Crippen molar-refractivity contribution in [3.8, 4) is 0 Å². The van der Waals surface area contributed by atoms with Gasteiger partial charge in [-0.15, -0.1) is 0 Å². The quantitative estimate of drug-likeness (QED) is 0.794. The number of urea groups is 1. The van der Waals surface area contributed by atoms with Gasteiger partial charge < -0.3 is 20.1 Å². The lowest BCUT2D eigenvalue weighted by Gasteiger charge is -2.40. The van der Waals surface area contributed by atoms with Gasteiger partial charge in [-0.25, -0.2) is 4.79 Å². The lowest BCUT2D eigenvalue weighted by atomic mass is 9.86. The Hall–Kier alpha value is -1.30. The van der Waals surface area contributed by atoms with E-state index in [1.165, 1.54) is 11.9 Å². The minimum absolute atomic E-state index is 0.0531. The predicted octanol–water partition coefficient (Wildman–Crippen LogP) is 1.45. The van der Waals surface area contributed by atoms with Gasteiger partial charge in [0.15, 0.2) is 0 Å². The zero-order chi connectivity index (χ0) is 14.5. The predicted molar refractivity (Wildman–Crippen MR) is 71.1 cm³/mol. The van der Waals surface area contributed by atoms with Crippen LogP contribution in [0.1, 0.15) is 39.5 Å². The first-order valence-corrected chi connectivity index (χ1v) is 6.80. The van der Waals surface area contributed by atoms with E-state index in [2.05, 4.69) is 19.2 Å². The summed E-state index contributed by atoms with van der Waals surface area (Å²) in [7, 11) is 1.48. The van der Waals surface area contributed by atoms with Gasteiger partial charge in [-0.2, -0.15) is 0 Å². The minimum Gasteiger partial charge on any atom is -0.480 e. The molecule has 110 valence electrons. The number of amides is 2. The molecule has 0 saturated carbocycles. The van der Waals surface area contributed by atoms with Crippen molar-refractivity contribution in [3.05, 3.63) is 0 Å². The average molecular weight is 272 g/mol. The Kier molecular flexibility index (Phi) is 5.60. The number of hydrogen-bond donors (Lipinski definition) is 2. The normalized spacial score (nSPS) is 21.7. The first-order chi connectivity index (χ1) is 8.92. The topological polar surface area (TPSA) is 78.9 Å². The highest BCUT2D eigenvalue weighted by Gasteiger charge is 2.35. The van der Waals surface area contributed by atoms with Crippen LogP contribution < -0.4 is 5.32 Å². The number of nitrogens with one attached hydrogen (secondary N) is 1. The van der Waals surface area contributed by atoms with Gasteiger partial charge in [0.05, 0.1) is 5.60 Å². The summed E-state index contributed by atoms with van der Waals surface area (Å²) in [6, 6.07) is -0.284. The van der Waals surface area contributed by atoms with Crippen molar-refractivity contribution in [1.29, 1.82) is 0 Å². The van der Waals surface area contributed by atoms with Gasteiger partial charge in [-0.05, 0) is 25.7 Å². The van der Waals surface area contributed by atoms with Gasteiger partial charge >= 0.3 is 12.0 Å². The van der Waals surface area contributed by atoms with Crippen LogP contribution in [0.3, 0.4) is 0 Å². The molecule has 0 aromatic carbocycles. The van der Waals surface area contributed by atoms with E-state index >= 15 is 0 Å². The number of nitrogens with zero attached hydrogens (tertiary/aromatic N) is 1. The molecule has 1 atom stereocenters. The Morgan fingerprint density at radius 2 is 2.05 bits per heavy atom. The maximum atomic E-state index is 11.8. The molecule has 1 fully saturated rings. The van der Waals surface area contributed by atoms with Crippen LogP contribution in [0.4, 0.5) is 4.79 Å². The molecule has 1 saturated heterocycles. The number of likely N-dealkylation sites (N-methyl/N-ethyl adjacent to an activating group) is 1. The molecule has 0 bridgehead atoms. The molecule has 0 aromatic heterocycles. The fourth-order valence-corrected chi connectivity index (χ4v) is 2.45.